The predicted molar refractivity (Wildman–Crippen MR) is 119 cm³/mol. The first-order valence-corrected chi connectivity index (χ1v) is 9.94. The van der Waals surface area contributed by atoms with Crippen molar-refractivity contribution in [2.45, 2.75) is 26.9 Å². The molecule has 0 saturated carbocycles. The van der Waals surface area contributed by atoms with E-state index in [-0.39, 0.29) is 6.61 Å². The molecular weight excluding hydrogens is 394 g/mol. The summed E-state index contributed by atoms with van der Waals surface area (Å²) in [4.78, 5) is 24.3. The minimum absolute atomic E-state index is 0.272. The highest BCUT2D eigenvalue weighted by Gasteiger charge is 2.18. The van der Waals surface area contributed by atoms with Crippen molar-refractivity contribution in [1.29, 1.82) is 0 Å². The molecule has 0 spiro atoms. The zero-order valence-corrected chi connectivity index (χ0v) is 17.8. The van der Waals surface area contributed by atoms with Crippen LogP contribution in [0.25, 0.3) is 0 Å². The number of carbonyl (C=O) groups is 2. The van der Waals surface area contributed by atoms with E-state index in [2.05, 4.69) is 5.32 Å². The van der Waals surface area contributed by atoms with E-state index in [1.54, 1.807) is 30.3 Å². The lowest BCUT2D eigenvalue weighted by Crippen LogP contribution is -2.31. The first kappa shape index (κ1) is 21.9. The number of ether oxygens (including phenoxy) is 3. The van der Waals surface area contributed by atoms with Gasteiger partial charge in [-0.25, -0.2) is 4.79 Å². The quantitative estimate of drug-likeness (QED) is 0.518. The van der Waals surface area contributed by atoms with Gasteiger partial charge in [0.1, 0.15) is 17.2 Å². The number of carbonyl (C=O) groups excluding carboxylic acids is 2. The molecule has 0 saturated heterocycles. The van der Waals surface area contributed by atoms with Gasteiger partial charge in [0.25, 0.3) is 5.91 Å². The number of rotatable bonds is 8. The van der Waals surface area contributed by atoms with E-state index >= 15 is 0 Å². The number of para-hydroxylation sites is 1. The summed E-state index contributed by atoms with van der Waals surface area (Å²) < 4.78 is 16.3. The van der Waals surface area contributed by atoms with Gasteiger partial charge in [-0.3, -0.25) is 4.79 Å². The Morgan fingerprint density at radius 3 is 2.16 bits per heavy atom. The highest BCUT2D eigenvalue weighted by atomic mass is 16.6. The van der Waals surface area contributed by atoms with Gasteiger partial charge in [0.15, 0.2) is 12.7 Å². The lowest BCUT2D eigenvalue weighted by atomic mass is 10.1. The molecular formula is C25H25NO5. The van der Waals surface area contributed by atoms with Gasteiger partial charge in [-0.15, -0.1) is 0 Å². The molecule has 0 aliphatic rings. The summed E-state index contributed by atoms with van der Waals surface area (Å²) in [5.74, 6) is 0.897. The van der Waals surface area contributed by atoms with Crippen molar-refractivity contribution in [3.63, 3.8) is 0 Å². The van der Waals surface area contributed by atoms with Crippen molar-refractivity contribution in [2.75, 3.05) is 11.9 Å². The average molecular weight is 419 g/mol. The van der Waals surface area contributed by atoms with Gasteiger partial charge in [0, 0.05) is 5.69 Å². The molecule has 31 heavy (non-hydrogen) atoms. The van der Waals surface area contributed by atoms with Crippen LogP contribution in [0.5, 0.6) is 17.2 Å². The Hall–Kier alpha value is -3.80. The summed E-state index contributed by atoms with van der Waals surface area (Å²) in [6.07, 6.45) is -0.962. The normalized spacial score (nSPS) is 11.3. The van der Waals surface area contributed by atoms with Crippen LogP contribution in [0.3, 0.4) is 0 Å². The molecule has 3 rings (SSSR count). The van der Waals surface area contributed by atoms with Crippen LogP contribution in [-0.4, -0.2) is 24.6 Å². The van der Waals surface area contributed by atoms with Crippen LogP contribution in [0.1, 0.15) is 18.1 Å². The number of esters is 1. The zero-order chi connectivity index (χ0) is 22.2. The molecule has 3 aromatic carbocycles. The third kappa shape index (κ3) is 6.60. The Morgan fingerprint density at radius 2 is 1.48 bits per heavy atom. The van der Waals surface area contributed by atoms with E-state index in [1.807, 2.05) is 56.3 Å². The second-order valence-electron chi connectivity index (χ2n) is 7.10. The molecule has 6 heteroatoms. The van der Waals surface area contributed by atoms with Crippen LogP contribution in [0.2, 0.25) is 0 Å². The van der Waals surface area contributed by atoms with Crippen LogP contribution in [0.15, 0.2) is 72.8 Å². The van der Waals surface area contributed by atoms with E-state index in [4.69, 9.17) is 14.2 Å². The van der Waals surface area contributed by atoms with Gasteiger partial charge in [-0.2, -0.15) is 0 Å². The Bertz CT molecular complexity index is 1030. The maximum atomic E-state index is 12.3. The average Bonchev–Trinajstić information content (AvgIpc) is 2.76. The summed E-state index contributed by atoms with van der Waals surface area (Å²) in [6.45, 7) is 5.20. The van der Waals surface area contributed by atoms with Crippen molar-refractivity contribution in [3.05, 3.63) is 83.9 Å². The molecule has 0 aromatic heterocycles. The summed E-state index contributed by atoms with van der Waals surface area (Å²) in [5.41, 5.74) is 2.78. The zero-order valence-electron chi connectivity index (χ0n) is 17.8. The van der Waals surface area contributed by atoms with E-state index in [0.29, 0.717) is 17.2 Å². The molecule has 0 bridgehead atoms. The van der Waals surface area contributed by atoms with Crippen LogP contribution in [-0.2, 0) is 14.3 Å². The van der Waals surface area contributed by atoms with E-state index in [9.17, 15) is 9.59 Å². The second kappa shape index (κ2) is 10.3. The number of amides is 1. The lowest BCUT2D eigenvalue weighted by Gasteiger charge is -2.14. The van der Waals surface area contributed by atoms with Gasteiger partial charge >= 0.3 is 5.97 Å². The topological polar surface area (TPSA) is 73.9 Å². The van der Waals surface area contributed by atoms with Crippen molar-refractivity contribution >= 4 is 17.6 Å². The molecule has 0 aliphatic heterocycles. The Kier molecular flexibility index (Phi) is 7.27. The number of nitrogens with one attached hydrogen (secondary N) is 1. The summed E-state index contributed by atoms with van der Waals surface area (Å²) in [7, 11) is 0. The first-order valence-electron chi connectivity index (χ1n) is 9.94. The van der Waals surface area contributed by atoms with Gasteiger partial charge < -0.3 is 19.5 Å². The molecule has 160 valence electrons. The Morgan fingerprint density at radius 1 is 0.839 bits per heavy atom. The summed E-state index contributed by atoms with van der Waals surface area (Å²) in [5, 5.41) is 2.71. The van der Waals surface area contributed by atoms with Crippen molar-refractivity contribution in [1.82, 2.24) is 0 Å². The molecule has 1 amide bonds. The molecule has 1 atom stereocenters. The van der Waals surface area contributed by atoms with Gasteiger partial charge in [-0.1, -0.05) is 24.3 Å². The summed E-state index contributed by atoms with van der Waals surface area (Å²) >= 11 is 0. The highest BCUT2D eigenvalue weighted by molar-refractivity contribution is 5.95. The standard InChI is InChI=1S/C25H25NO5/c1-17-9-12-23(15-18(17)2)29-16-24(27)30-19(3)25(28)26-20-10-13-22(14-11-20)31-21-7-5-4-6-8-21/h4-15,19H,16H2,1-3H3,(H,26,28)/t19-/m1/s1. The van der Waals surface area contributed by atoms with Crippen molar-refractivity contribution in [3.8, 4) is 17.2 Å². The number of aryl methyl sites for hydroxylation is 2. The van der Waals surface area contributed by atoms with Crippen LogP contribution in [0, 0.1) is 13.8 Å². The molecule has 0 aliphatic carbocycles. The van der Waals surface area contributed by atoms with Gasteiger partial charge in [0.05, 0.1) is 0 Å². The van der Waals surface area contributed by atoms with Gasteiger partial charge in [-0.05, 0) is 80.4 Å². The SMILES string of the molecule is Cc1ccc(OCC(=O)O[C@H](C)C(=O)Nc2ccc(Oc3ccccc3)cc2)cc1C. The smallest absolute Gasteiger partial charge is 0.344 e. The Balaban J connectivity index is 1.46. The number of anilines is 1. The fourth-order valence-electron chi connectivity index (χ4n) is 2.71. The molecule has 0 heterocycles. The molecule has 0 radical (unpaired) electrons. The fourth-order valence-corrected chi connectivity index (χ4v) is 2.71. The highest BCUT2D eigenvalue weighted by Crippen LogP contribution is 2.22. The largest absolute Gasteiger partial charge is 0.482 e. The third-order valence-corrected chi connectivity index (χ3v) is 4.61. The number of benzene rings is 3. The molecule has 6 nitrogen and oxygen atoms in total. The molecule has 1 N–H and O–H groups in total. The summed E-state index contributed by atoms with van der Waals surface area (Å²) in [6, 6.07) is 21.9. The fraction of sp³-hybridized carbons (Fsp3) is 0.200. The van der Waals surface area contributed by atoms with E-state index in [1.165, 1.54) is 6.92 Å². The van der Waals surface area contributed by atoms with Crippen LogP contribution < -0.4 is 14.8 Å². The minimum atomic E-state index is -0.962. The molecule has 0 unspecified atom stereocenters. The third-order valence-electron chi connectivity index (χ3n) is 4.61. The van der Waals surface area contributed by atoms with Crippen LogP contribution >= 0.6 is 0 Å². The monoisotopic (exact) mass is 419 g/mol. The molecule has 3 aromatic rings. The van der Waals surface area contributed by atoms with Gasteiger partial charge in [0.2, 0.25) is 0 Å². The van der Waals surface area contributed by atoms with E-state index in [0.717, 1.165) is 16.9 Å². The minimum Gasteiger partial charge on any atom is -0.482 e. The van der Waals surface area contributed by atoms with Crippen molar-refractivity contribution < 1.29 is 23.8 Å². The number of hydrogen-bond donors (Lipinski definition) is 1. The lowest BCUT2D eigenvalue weighted by molar-refractivity contribution is -0.155. The maximum Gasteiger partial charge on any atom is 0.344 e. The maximum absolute atomic E-state index is 12.3. The van der Waals surface area contributed by atoms with Crippen molar-refractivity contribution in [2.24, 2.45) is 0 Å². The molecule has 0 fully saturated rings. The van der Waals surface area contributed by atoms with Crippen LogP contribution in [0.4, 0.5) is 5.69 Å². The first-order chi connectivity index (χ1) is 14.9. The number of hydrogen-bond acceptors (Lipinski definition) is 5. The second-order valence-corrected chi connectivity index (χ2v) is 7.10. The Labute approximate surface area is 181 Å². The van der Waals surface area contributed by atoms with E-state index < -0.39 is 18.0 Å². The predicted octanol–water partition coefficient (Wildman–Crippen LogP) is 5.04.